The van der Waals surface area contributed by atoms with Crippen LogP contribution in [-0.4, -0.2) is 223 Å². The van der Waals surface area contributed by atoms with Gasteiger partial charge < -0.3 is 81.3 Å². The van der Waals surface area contributed by atoms with Gasteiger partial charge in [-0.25, -0.2) is 67.3 Å². The Hall–Kier alpha value is -9.40. The third-order valence-corrected chi connectivity index (χ3v) is 35.1. The highest BCUT2D eigenvalue weighted by Gasteiger charge is 2.42. The largest absolute Gasteiger partial charge is 0.508 e. The first-order valence-corrected chi connectivity index (χ1v) is 48.0. The first-order chi connectivity index (χ1) is 55.6. The van der Waals surface area contributed by atoms with Crippen molar-refractivity contribution in [2.45, 2.75) is 150 Å². The van der Waals surface area contributed by atoms with E-state index in [-0.39, 0.29) is 74.1 Å². The highest BCUT2D eigenvalue weighted by molar-refractivity contribution is 8.93. The summed E-state index contributed by atoms with van der Waals surface area (Å²) in [5, 5.41) is 144. The Kier molecular flexibility index (Phi) is 36.6. The molecule has 0 aliphatic carbocycles. The highest BCUT2D eigenvalue weighted by atomic mass is 79.9. The lowest BCUT2D eigenvalue weighted by atomic mass is 10.1. The van der Waals surface area contributed by atoms with Crippen molar-refractivity contribution in [1.82, 2.24) is 19.7 Å². The van der Waals surface area contributed by atoms with Gasteiger partial charge >= 0.3 is 0 Å². The second-order valence-corrected chi connectivity index (χ2v) is 42.3. The van der Waals surface area contributed by atoms with Gasteiger partial charge in [0.2, 0.25) is 0 Å². The molecular weight excluding hydrogens is 1810 g/mol. The van der Waals surface area contributed by atoms with Gasteiger partial charge in [0.15, 0.2) is 80.5 Å². The molecule has 0 spiro atoms. The molecule has 0 atom stereocenters. The maximum Gasteiger partial charge on any atom is 0.256 e. The minimum absolute atomic E-state index is 0. The van der Waals surface area contributed by atoms with E-state index in [2.05, 4.69) is 6.92 Å². The smallest absolute Gasteiger partial charge is 0.256 e. The zero-order valence-corrected chi connectivity index (χ0v) is 73.2. The predicted octanol–water partition coefficient (Wildman–Crippen LogP) is 9.20. The Morgan fingerprint density at radius 2 is 0.442 bits per heavy atom. The van der Waals surface area contributed by atoms with Crippen LogP contribution in [0, 0.1) is 6.92 Å². The standard InChI is InChI=1S/C21H29NO7S2.C18H22N2O9S2.C18H23NO8S2.C17H21NO8S2.BrH/c1-3-4-5-6-7-8-13-22(30(26,27)17-10-9-16(2)20(24)14-17)31(28,29)18-11-12-19(23)21(25)15-18;21-15-3-1-13(11-17(15)23)30(25,26)20(6-5-19-7-9-29-10-8-19)31(27,28)14-2-4-16(22)18(24)12-14;1-2-3-4-5-10-19(28(24,25)13-6-8-15(20)17(22)11-13)29(26,27)14-7-9-16(21)18(23)12-14;1-2-3-4-9-18(27(23,24)12-5-7-14(19)16(21)10-12)28(25,26)13-6-8-15(20)17(22)11-13;/h9-12,14-15,23-25H,3-8,13H2,1-2H3;1-4,11-12,21-24H,5-10H2;6-9,11-12,20-23H,2-5,10H2,1H3;5-8,10-11,19-22H,2-4,9H2,1H3;1H. The summed E-state index contributed by atoms with van der Waals surface area (Å²) >= 11 is 0. The van der Waals surface area contributed by atoms with Crippen LogP contribution in [0.1, 0.15) is 110 Å². The van der Waals surface area contributed by atoms with Crippen molar-refractivity contribution < 1.29 is 149 Å². The molecule has 0 bridgehead atoms. The SMILES string of the molecule is Br.CCCCCCCCN(S(=O)(=O)c1ccc(C)c(O)c1)S(=O)(=O)c1ccc(O)c(O)c1.CCCCCCN(S(=O)(=O)c1ccc(O)c(O)c1)S(=O)(=O)c1ccc(O)c(O)c1.CCCCCN(S(=O)(=O)c1ccc(O)c(O)c1)S(=O)(=O)c1ccc(O)c(O)c1.O=S(=O)(c1ccc(O)c(O)c1)N(CCN1CCOCC1)S(=O)(=O)c1ccc(O)c(O)c1. The summed E-state index contributed by atoms with van der Waals surface area (Å²) in [6, 6.07) is 22.4. The van der Waals surface area contributed by atoms with Gasteiger partial charge in [-0.05, 0) is 123 Å². The molecule has 664 valence electrons. The molecule has 1 saturated heterocycles. The number of sulfonamides is 8. The molecule has 46 heteroatoms. The number of phenols is 15. The molecule has 15 N–H and O–H groups in total. The van der Waals surface area contributed by atoms with Crippen LogP contribution in [0.2, 0.25) is 0 Å². The van der Waals surface area contributed by atoms with E-state index in [1.165, 1.54) is 12.1 Å². The van der Waals surface area contributed by atoms with E-state index in [0.717, 1.165) is 172 Å². The van der Waals surface area contributed by atoms with E-state index in [0.29, 0.717) is 71.4 Å². The lowest BCUT2D eigenvalue weighted by Crippen LogP contribution is -2.45. The van der Waals surface area contributed by atoms with Crippen molar-refractivity contribution in [2.24, 2.45) is 0 Å². The van der Waals surface area contributed by atoms with Crippen molar-refractivity contribution in [3.63, 3.8) is 0 Å². The lowest BCUT2D eigenvalue weighted by Gasteiger charge is -2.29. The van der Waals surface area contributed by atoms with E-state index < -0.39 is 201 Å². The number of ether oxygens (including phenoxy) is 1. The van der Waals surface area contributed by atoms with Crippen LogP contribution >= 0.6 is 17.0 Å². The summed E-state index contributed by atoms with van der Waals surface area (Å²) in [5.74, 6) is -9.10. The zero-order valence-electron chi connectivity index (χ0n) is 65.0. The van der Waals surface area contributed by atoms with Crippen LogP contribution in [0.4, 0.5) is 0 Å². The minimum Gasteiger partial charge on any atom is -0.508 e. The summed E-state index contributed by atoms with van der Waals surface area (Å²) in [7, 11) is -37.0. The summed E-state index contributed by atoms with van der Waals surface area (Å²) in [4.78, 5) is -2.15. The third kappa shape index (κ3) is 25.4. The number of rotatable bonds is 35. The molecule has 0 aromatic heterocycles. The average Bonchev–Trinajstić information content (AvgIpc) is 0.771. The Bertz CT molecular complexity index is 5530. The van der Waals surface area contributed by atoms with Gasteiger partial charge in [-0.2, -0.15) is 0 Å². The zero-order chi connectivity index (χ0) is 89.0. The molecular formula is C74H96BrN5O32S8. The number of nitrogens with zero attached hydrogens (tertiary/aromatic N) is 5. The molecule has 1 aliphatic heterocycles. The highest BCUT2D eigenvalue weighted by Crippen LogP contribution is 2.40. The van der Waals surface area contributed by atoms with Crippen LogP contribution < -0.4 is 0 Å². The molecule has 37 nitrogen and oxygen atoms in total. The molecule has 8 aromatic carbocycles. The van der Waals surface area contributed by atoms with Crippen molar-refractivity contribution in [3.8, 4) is 86.2 Å². The van der Waals surface area contributed by atoms with Crippen LogP contribution in [0.25, 0.3) is 0 Å². The molecule has 8 aromatic rings. The summed E-state index contributed by atoms with van der Waals surface area (Å²) < 4.78 is 217. The number of aryl methyl sites for hydroxylation is 1. The Morgan fingerprint density at radius 3 is 0.667 bits per heavy atom. The molecule has 1 aliphatic rings. The fourth-order valence-electron chi connectivity index (χ4n) is 11.0. The van der Waals surface area contributed by atoms with Gasteiger partial charge in [-0.1, -0.05) is 106 Å². The van der Waals surface area contributed by atoms with Gasteiger partial charge in [-0.15, -0.1) is 17.0 Å². The number of benzene rings is 8. The fourth-order valence-corrected chi connectivity index (χ4v) is 26.0. The lowest BCUT2D eigenvalue weighted by molar-refractivity contribution is 0.0377. The van der Waals surface area contributed by atoms with E-state index in [1.807, 2.05) is 18.7 Å². The second-order valence-electron chi connectivity index (χ2n) is 26.5. The summed E-state index contributed by atoms with van der Waals surface area (Å²) in [6.45, 7) is 7.96. The quantitative estimate of drug-likeness (QED) is 0.0130. The number of unbranched alkanes of at least 4 members (excludes halogenated alkanes) is 10. The molecule has 0 amide bonds. The monoisotopic (exact) mass is 1900 g/mol. The Balaban J connectivity index is 0.000000284. The third-order valence-electron chi connectivity index (χ3n) is 17.9. The normalized spacial score (nSPS) is 13.2. The van der Waals surface area contributed by atoms with Crippen LogP contribution in [0.3, 0.4) is 0 Å². The Labute approximate surface area is 707 Å². The van der Waals surface area contributed by atoms with Crippen molar-refractivity contribution >= 4 is 97.2 Å². The van der Waals surface area contributed by atoms with Gasteiger partial charge in [0.25, 0.3) is 80.2 Å². The minimum atomic E-state index is -4.70. The number of halogens is 1. The number of hydrogen-bond acceptors (Lipinski definition) is 33. The number of hydrogen-bond donors (Lipinski definition) is 15. The van der Waals surface area contributed by atoms with E-state index in [9.17, 15) is 144 Å². The molecule has 1 heterocycles. The molecule has 120 heavy (non-hydrogen) atoms. The van der Waals surface area contributed by atoms with Crippen LogP contribution in [0.15, 0.2) is 185 Å². The molecule has 1 fully saturated rings. The molecule has 9 rings (SSSR count). The van der Waals surface area contributed by atoms with Gasteiger partial charge in [-0.3, -0.25) is 4.90 Å². The number of morpholine rings is 1. The molecule has 0 radical (unpaired) electrons. The predicted molar refractivity (Wildman–Crippen MR) is 440 cm³/mol. The van der Waals surface area contributed by atoms with Crippen molar-refractivity contribution in [1.29, 1.82) is 0 Å². The van der Waals surface area contributed by atoms with Crippen molar-refractivity contribution in [3.05, 3.63) is 151 Å². The first-order valence-electron chi connectivity index (χ1n) is 36.4. The maximum absolute atomic E-state index is 13.3. The topological polar surface area (TPSA) is 602 Å². The van der Waals surface area contributed by atoms with E-state index >= 15 is 0 Å². The van der Waals surface area contributed by atoms with Crippen molar-refractivity contribution in [2.75, 3.05) is 59.0 Å². The van der Waals surface area contributed by atoms with Gasteiger partial charge in [0.05, 0.1) is 52.4 Å². The molecule has 0 unspecified atom stereocenters. The van der Waals surface area contributed by atoms with E-state index in [4.69, 9.17) is 4.74 Å². The van der Waals surface area contributed by atoms with Crippen LogP contribution in [0.5, 0.6) is 86.2 Å². The fraction of sp³-hybridized carbons (Fsp3) is 0.351. The Morgan fingerprint density at radius 1 is 0.258 bits per heavy atom. The first kappa shape index (κ1) is 101. The maximum atomic E-state index is 13.3. The van der Waals surface area contributed by atoms with Crippen LogP contribution in [-0.2, 0) is 84.9 Å². The average molecular weight is 1900 g/mol. The van der Waals surface area contributed by atoms with Gasteiger partial charge in [0.1, 0.15) is 5.75 Å². The summed E-state index contributed by atoms with van der Waals surface area (Å²) in [6.07, 6.45) is 8.96. The van der Waals surface area contributed by atoms with E-state index in [1.54, 1.807) is 6.92 Å². The van der Waals surface area contributed by atoms with Gasteiger partial charge in [0, 0.05) is 94.3 Å². The number of aromatic hydroxyl groups is 15. The summed E-state index contributed by atoms with van der Waals surface area (Å²) in [5.41, 5.74) is 0.452. The molecule has 0 saturated carbocycles. The second kappa shape index (κ2) is 43.4. The number of phenolic OH excluding ortho intramolecular Hbond substituents is 15.